The zero-order valence-corrected chi connectivity index (χ0v) is 7.85. The van der Waals surface area contributed by atoms with Crippen LogP contribution >= 0.6 is 0 Å². The molecule has 0 aliphatic heterocycles. The van der Waals surface area contributed by atoms with Crippen LogP contribution in [-0.4, -0.2) is 17.9 Å². The molecule has 0 bridgehead atoms. The van der Waals surface area contributed by atoms with E-state index in [0.717, 1.165) is 12.3 Å². The van der Waals surface area contributed by atoms with E-state index in [4.69, 9.17) is 2.74 Å². The van der Waals surface area contributed by atoms with Crippen molar-refractivity contribution in [1.82, 2.24) is 10.3 Å². The molecule has 0 radical (unpaired) electrons. The number of nitrogens with zero attached hydrogens (tertiary/aromatic N) is 1. The Labute approximate surface area is 91.3 Å². The first kappa shape index (κ1) is 9.95. The van der Waals surface area contributed by atoms with Gasteiger partial charge in [0.05, 0.1) is 6.50 Å². The van der Waals surface area contributed by atoms with E-state index in [0.29, 0.717) is 6.07 Å². The molecule has 1 rings (SSSR count). The highest BCUT2D eigenvalue weighted by Gasteiger charge is 2.31. The van der Waals surface area contributed by atoms with Crippen molar-refractivity contribution in [2.24, 2.45) is 0 Å². The number of hydrogen-bond donors (Lipinski definition) is 1. The number of halogens is 5. The number of rotatable bonds is 4. The summed E-state index contributed by atoms with van der Waals surface area (Å²) in [6.07, 6.45) is -6.94. The molecule has 0 amide bonds. The molecule has 0 saturated heterocycles. The van der Waals surface area contributed by atoms with E-state index in [9.17, 15) is 22.0 Å². The summed E-state index contributed by atoms with van der Waals surface area (Å²) in [7, 11) is 0. The number of hydrogen-bond acceptors (Lipinski definition) is 2. The van der Waals surface area contributed by atoms with Crippen LogP contribution in [0.1, 0.15) is 14.0 Å². The topological polar surface area (TPSA) is 24.9 Å². The lowest BCUT2D eigenvalue weighted by Gasteiger charge is -2.07. The highest BCUT2D eigenvalue weighted by atomic mass is 19.4. The number of aromatic nitrogens is 1. The summed E-state index contributed by atoms with van der Waals surface area (Å²) in [6, 6.07) is 1.75. The molecular weight excluding hydrogens is 231 g/mol. The zero-order chi connectivity index (χ0) is 14.0. The summed E-state index contributed by atoms with van der Waals surface area (Å²) in [6.45, 7) is -3.24. The molecule has 1 heterocycles. The average Bonchev–Trinajstić information content (AvgIpc) is 2.25. The van der Waals surface area contributed by atoms with Crippen LogP contribution in [-0.2, 0) is 12.7 Å². The summed E-state index contributed by atoms with van der Waals surface area (Å²) in [5, 5.41) is 1.90. The molecule has 0 aliphatic rings. The van der Waals surface area contributed by atoms with Gasteiger partial charge in [-0.05, 0) is 11.6 Å². The van der Waals surface area contributed by atoms with Crippen molar-refractivity contribution in [3.63, 3.8) is 0 Å². The standard InChI is InChI=1S/C9H9F5N2/c10-8(11)5-15-3-6-1-2-7(16-4-6)9(12,13)14/h1-2,4,8,15H,3,5H2/i5D2. The Hall–Kier alpha value is -1.24. The molecule has 16 heavy (non-hydrogen) atoms. The fourth-order valence-corrected chi connectivity index (χ4v) is 0.927. The molecule has 0 saturated carbocycles. The van der Waals surface area contributed by atoms with Gasteiger partial charge in [0.1, 0.15) is 5.69 Å². The highest BCUT2D eigenvalue weighted by molar-refractivity contribution is 5.15. The van der Waals surface area contributed by atoms with E-state index in [1.807, 2.05) is 5.32 Å². The van der Waals surface area contributed by atoms with Gasteiger partial charge in [-0.15, -0.1) is 0 Å². The van der Waals surface area contributed by atoms with Crippen LogP contribution < -0.4 is 5.32 Å². The van der Waals surface area contributed by atoms with E-state index in [1.54, 1.807) is 0 Å². The first-order chi connectivity index (χ1) is 8.13. The van der Waals surface area contributed by atoms with E-state index in [2.05, 4.69) is 4.98 Å². The van der Waals surface area contributed by atoms with Crippen molar-refractivity contribution in [2.75, 3.05) is 6.50 Å². The molecule has 0 aromatic carbocycles. The largest absolute Gasteiger partial charge is 0.433 e. The van der Waals surface area contributed by atoms with Crippen LogP contribution in [0, 0.1) is 0 Å². The lowest BCUT2D eigenvalue weighted by atomic mass is 10.2. The maximum absolute atomic E-state index is 12.2. The zero-order valence-electron chi connectivity index (χ0n) is 9.85. The van der Waals surface area contributed by atoms with Gasteiger partial charge in [0.25, 0.3) is 6.43 Å². The second kappa shape index (κ2) is 5.20. The number of alkyl halides is 5. The molecule has 0 fully saturated rings. The van der Waals surface area contributed by atoms with Crippen LogP contribution in [0.25, 0.3) is 0 Å². The minimum absolute atomic E-state index is 0.174. The molecule has 1 aromatic rings. The molecule has 0 spiro atoms. The van der Waals surface area contributed by atoms with Gasteiger partial charge in [0, 0.05) is 15.5 Å². The third-order valence-corrected chi connectivity index (χ3v) is 1.62. The molecular formula is C9H9F5N2. The average molecular weight is 242 g/mol. The van der Waals surface area contributed by atoms with Crippen molar-refractivity contribution in [3.05, 3.63) is 29.6 Å². The third kappa shape index (κ3) is 4.09. The van der Waals surface area contributed by atoms with Gasteiger partial charge in [-0.2, -0.15) is 13.2 Å². The second-order valence-corrected chi connectivity index (χ2v) is 2.85. The van der Waals surface area contributed by atoms with Crippen LogP contribution in [0.15, 0.2) is 18.3 Å². The molecule has 0 unspecified atom stereocenters. The minimum Gasteiger partial charge on any atom is -0.307 e. The van der Waals surface area contributed by atoms with Crippen LogP contribution in [0.4, 0.5) is 22.0 Å². The van der Waals surface area contributed by atoms with E-state index >= 15 is 0 Å². The first-order valence-electron chi connectivity index (χ1n) is 5.18. The van der Waals surface area contributed by atoms with Crippen molar-refractivity contribution in [2.45, 2.75) is 19.1 Å². The van der Waals surface area contributed by atoms with Gasteiger partial charge in [0.2, 0.25) is 0 Å². The predicted molar refractivity (Wildman–Crippen MR) is 46.9 cm³/mol. The fourth-order valence-electron chi connectivity index (χ4n) is 0.927. The summed E-state index contributed by atoms with van der Waals surface area (Å²) >= 11 is 0. The molecule has 1 aromatic heterocycles. The Bertz CT molecular complexity index is 391. The third-order valence-electron chi connectivity index (χ3n) is 1.62. The maximum atomic E-state index is 12.2. The molecule has 90 valence electrons. The van der Waals surface area contributed by atoms with Crippen LogP contribution in [0.3, 0.4) is 0 Å². The van der Waals surface area contributed by atoms with Gasteiger partial charge < -0.3 is 5.32 Å². The number of pyridine rings is 1. The Morgan fingerprint density at radius 2 is 2.06 bits per heavy atom. The van der Waals surface area contributed by atoms with Crippen molar-refractivity contribution in [3.8, 4) is 0 Å². The lowest BCUT2D eigenvalue weighted by molar-refractivity contribution is -0.141. The van der Waals surface area contributed by atoms with Gasteiger partial charge >= 0.3 is 6.18 Å². The molecule has 0 atom stereocenters. The Balaban J connectivity index is 2.65. The number of nitrogens with one attached hydrogen (secondary N) is 1. The van der Waals surface area contributed by atoms with Gasteiger partial charge in [-0.3, -0.25) is 4.98 Å². The normalized spacial score (nSPS) is 14.9. The van der Waals surface area contributed by atoms with E-state index in [1.165, 1.54) is 0 Å². The predicted octanol–water partition coefficient (Wildman–Crippen LogP) is 2.46. The quantitative estimate of drug-likeness (QED) is 0.820. The van der Waals surface area contributed by atoms with Crippen molar-refractivity contribution in [1.29, 1.82) is 0 Å². The second-order valence-electron chi connectivity index (χ2n) is 2.85. The molecule has 0 aliphatic carbocycles. The molecule has 2 nitrogen and oxygen atoms in total. The van der Waals surface area contributed by atoms with Crippen LogP contribution in [0.5, 0.6) is 0 Å². The monoisotopic (exact) mass is 242 g/mol. The van der Waals surface area contributed by atoms with Crippen molar-refractivity contribution < 1.29 is 24.7 Å². The lowest BCUT2D eigenvalue weighted by Crippen LogP contribution is -2.20. The smallest absolute Gasteiger partial charge is 0.307 e. The highest BCUT2D eigenvalue weighted by Crippen LogP contribution is 2.27. The summed E-state index contributed by atoms with van der Waals surface area (Å²) in [5.41, 5.74) is -0.921. The minimum atomic E-state index is -4.57. The Morgan fingerprint density at radius 3 is 2.50 bits per heavy atom. The SMILES string of the molecule is [2H]C([2H])(NCc1ccc(C(F)(F)F)nc1)C(F)F. The summed E-state index contributed by atoms with van der Waals surface area (Å²) in [4.78, 5) is 3.12. The van der Waals surface area contributed by atoms with E-state index in [-0.39, 0.29) is 12.1 Å². The van der Waals surface area contributed by atoms with E-state index < -0.39 is 24.8 Å². The molecule has 1 N–H and O–H groups in total. The summed E-state index contributed by atoms with van der Waals surface area (Å²) < 4.78 is 74.5. The van der Waals surface area contributed by atoms with Crippen LogP contribution in [0.2, 0.25) is 0 Å². The Morgan fingerprint density at radius 1 is 1.38 bits per heavy atom. The first-order valence-corrected chi connectivity index (χ1v) is 4.18. The van der Waals surface area contributed by atoms with Gasteiger partial charge in [0.15, 0.2) is 0 Å². The fraction of sp³-hybridized carbons (Fsp3) is 0.444. The Kier molecular flexibility index (Phi) is 3.23. The molecule has 7 heteroatoms. The summed E-state index contributed by atoms with van der Waals surface area (Å²) in [5.74, 6) is 0. The van der Waals surface area contributed by atoms with Crippen molar-refractivity contribution >= 4 is 0 Å². The van der Waals surface area contributed by atoms with Gasteiger partial charge in [-0.25, -0.2) is 8.78 Å². The maximum Gasteiger partial charge on any atom is 0.433 e. The van der Waals surface area contributed by atoms with Gasteiger partial charge in [-0.1, -0.05) is 6.07 Å².